The Morgan fingerprint density at radius 3 is 2.75 bits per heavy atom. The number of rotatable bonds is 4. The lowest BCUT2D eigenvalue weighted by Gasteiger charge is -2.07. The smallest absolute Gasteiger partial charge is 0.224 e. The fraction of sp³-hybridized carbons (Fsp3) is 0.188. The third-order valence-corrected chi connectivity index (χ3v) is 3.33. The van der Waals surface area contributed by atoms with Crippen LogP contribution in [-0.2, 0) is 11.2 Å². The third-order valence-electron chi connectivity index (χ3n) is 3.09. The average Bonchev–Trinajstić information content (AvgIpc) is 2.40. The Morgan fingerprint density at radius 1 is 1.25 bits per heavy atom. The zero-order chi connectivity index (χ0) is 14.5. The van der Waals surface area contributed by atoms with Gasteiger partial charge in [-0.1, -0.05) is 29.8 Å². The van der Waals surface area contributed by atoms with Gasteiger partial charge in [0.15, 0.2) is 0 Å². The lowest BCUT2D eigenvalue weighted by atomic mass is 10.1. The van der Waals surface area contributed by atoms with Crippen LogP contribution < -0.4 is 11.1 Å². The molecule has 3 N–H and O–H groups in total. The van der Waals surface area contributed by atoms with E-state index in [1.807, 2.05) is 31.2 Å². The zero-order valence-corrected chi connectivity index (χ0v) is 12.1. The molecule has 0 aromatic heterocycles. The molecule has 104 valence electrons. The molecule has 0 saturated heterocycles. The van der Waals surface area contributed by atoms with E-state index in [1.54, 1.807) is 18.2 Å². The van der Waals surface area contributed by atoms with Crippen molar-refractivity contribution in [3.63, 3.8) is 0 Å². The molecule has 0 atom stereocenters. The molecular weight excluding hydrogens is 272 g/mol. The van der Waals surface area contributed by atoms with Crippen LogP contribution in [0.1, 0.15) is 17.5 Å². The van der Waals surface area contributed by atoms with Gasteiger partial charge in [-0.15, -0.1) is 0 Å². The monoisotopic (exact) mass is 288 g/mol. The highest BCUT2D eigenvalue weighted by atomic mass is 35.5. The van der Waals surface area contributed by atoms with Crippen molar-refractivity contribution in [2.75, 3.05) is 11.1 Å². The van der Waals surface area contributed by atoms with Crippen molar-refractivity contribution in [1.29, 1.82) is 0 Å². The second kappa shape index (κ2) is 6.44. The maximum atomic E-state index is 11.9. The summed E-state index contributed by atoms with van der Waals surface area (Å²) >= 11 is 5.87. The second-order valence-corrected chi connectivity index (χ2v) is 5.19. The molecule has 0 aliphatic rings. The van der Waals surface area contributed by atoms with Gasteiger partial charge in [0, 0.05) is 22.8 Å². The summed E-state index contributed by atoms with van der Waals surface area (Å²) in [6, 6.07) is 13.0. The summed E-state index contributed by atoms with van der Waals surface area (Å²) < 4.78 is 0. The number of aryl methyl sites for hydroxylation is 2. The summed E-state index contributed by atoms with van der Waals surface area (Å²) in [4.78, 5) is 11.9. The van der Waals surface area contributed by atoms with Gasteiger partial charge in [-0.25, -0.2) is 0 Å². The first-order chi connectivity index (χ1) is 9.54. The number of anilines is 2. The second-order valence-electron chi connectivity index (χ2n) is 4.75. The van der Waals surface area contributed by atoms with Gasteiger partial charge in [0.2, 0.25) is 5.91 Å². The molecule has 4 heteroatoms. The van der Waals surface area contributed by atoms with E-state index in [9.17, 15) is 4.79 Å². The molecule has 0 fully saturated rings. The normalized spacial score (nSPS) is 10.3. The summed E-state index contributed by atoms with van der Waals surface area (Å²) in [6.45, 7) is 1.96. The molecule has 0 aliphatic carbocycles. The SMILES string of the molecule is Cc1ccc(CCC(=O)Nc2cccc(Cl)c2)cc1N. The number of benzene rings is 2. The molecule has 2 rings (SSSR count). The van der Waals surface area contributed by atoms with E-state index < -0.39 is 0 Å². The summed E-state index contributed by atoms with van der Waals surface area (Å²) in [5.74, 6) is -0.0357. The summed E-state index contributed by atoms with van der Waals surface area (Å²) in [6.07, 6.45) is 1.08. The standard InChI is InChI=1S/C16H17ClN2O/c1-11-5-6-12(9-15(11)18)7-8-16(20)19-14-4-2-3-13(17)10-14/h2-6,9-10H,7-8,18H2,1H3,(H,19,20). The van der Waals surface area contributed by atoms with Crippen molar-refractivity contribution in [3.8, 4) is 0 Å². The van der Waals surface area contributed by atoms with Gasteiger partial charge in [-0.3, -0.25) is 4.79 Å². The van der Waals surface area contributed by atoms with Crippen LogP contribution >= 0.6 is 11.6 Å². The van der Waals surface area contributed by atoms with Crippen LogP contribution in [0.15, 0.2) is 42.5 Å². The number of halogens is 1. The first-order valence-corrected chi connectivity index (χ1v) is 6.83. The van der Waals surface area contributed by atoms with Crippen LogP contribution in [0.5, 0.6) is 0 Å². The zero-order valence-electron chi connectivity index (χ0n) is 11.3. The van der Waals surface area contributed by atoms with Crippen LogP contribution in [0.4, 0.5) is 11.4 Å². The number of nitrogens with one attached hydrogen (secondary N) is 1. The topological polar surface area (TPSA) is 55.1 Å². The van der Waals surface area contributed by atoms with E-state index >= 15 is 0 Å². The molecule has 0 spiro atoms. The number of nitrogen functional groups attached to an aromatic ring is 1. The summed E-state index contributed by atoms with van der Waals surface area (Å²) in [5.41, 5.74) is 9.44. The van der Waals surface area contributed by atoms with Crippen LogP contribution in [0.25, 0.3) is 0 Å². The van der Waals surface area contributed by atoms with E-state index in [2.05, 4.69) is 5.32 Å². The van der Waals surface area contributed by atoms with Gasteiger partial charge < -0.3 is 11.1 Å². The maximum Gasteiger partial charge on any atom is 0.224 e. The van der Waals surface area contributed by atoms with E-state index in [4.69, 9.17) is 17.3 Å². The number of carbonyl (C=O) groups excluding carboxylic acids is 1. The van der Waals surface area contributed by atoms with Gasteiger partial charge in [0.25, 0.3) is 0 Å². The lowest BCUT2D eigenvalue weighted by Crippen LogP contribution is -2.12. The Kier molecular flexibility index (Phi) is 4.64. The molecule has 0 heterocycles. The molecule has 0 radical (unpaired) electrons. The lowest BCUT2D eigenvalue weighted by molar-refractivity contribution is -0.116. The number of hydrogen-bond acceptors (Lipinski definition) is 2. The van der Waals surface area contributed by atoms with Crippen LogP contribution in [0, 0.1) is 6.92 Å². The van der Waals surface area contributed by atoms with Crippen molar-refractivity contribution in [2.45, 2.75) is 19.8 Å². The maximum absolute atomic E-state index is 11.9. The van der Waals surface area contributed by atoms with E-state index in [0.29, 0.717) is 23.6 Å². The molecule has 0 bridgehead atoms. The number of carbonyl (C=O) groups is 1. The number of nitrogens with two attached hydrogens (primary N) is 1. The van der Waals surface area contributed by atoms with Crippen LogP contribution in [0.2, 0.25) is 5.02 Å². The van der Waals surface area contributed by atoms with Crippen molar-refractivity contribution in [2.24, 2.45) is 0 Å². The fourth-order valence-electron chi connectivity index (χ4n) is 1.89. The Labute approximate surface area is 123 Å². The molecule has 0 aliphatic heterocycles. The van der Waals surface area contributed by atoms with E-state index in [-0.39, 0.29) is 5.91 Å². The highest BCUT2D eigenvalue weighted by Gasteiger charge is 2.04. The highest BCUT2D eigenvalue weighted by molar-refractivity contribution is 6.30. The highest BCUT2D eigenvalue weighted by Crippen LogP contribution is 2.16. The number of amides is 1. The van der Waals surface area contributed by atoms with Gasteiger partial charge in [-0.2, -0.15) is 0 Å². The van der Waals surface area contributed by atoms with E-state index in [1.165, 1.54) is 0 Å². The van der Waals surface area contributed by atoms with Gasteiger partial charge in [0.05, 0.1) is 0 Å². The molecule has 0 saturated carbocycles. The Hall–Kier alpha value is -2.00. The first-order valence-electron chi connectivity index (χ1n) is 6.45. The van der Waals surface area contributed by atoms with Gasteiger partial charge >= 0.3 is 0 Å². The minimum atomic E-state index is -0.0357. The third kappa shape index (κ3) is 4.00. The Morgan fingerprint density at radius 2 is 2.05 bits per heavy atom. The quantitative estimate of drug-likeness (QED) is 0.841. The molecule has 20 heavy (non-hydrogen) atoms. The summed E-state index contributed by atoms with van der Waals surface area (Å²) in [5, 5.41) is 3.43. The predicted molar refractivity (Wildman–Crippen MR) is 84.0 cm³/mol. The first kappa shape index (κ1) is 14.4. The Balaban J connectivity index is 1.90. The number of hydrogen-bond donors (Lipinski definition) is 2. The molecule has 0 unspecified atom stereocenters. The minimum Gasteiger partial charge on any atom is -0.399 e. The summed E-state index contributed by atoms with van der Waals surface area (Å²) in [7, 11) is 0. The van der Waals surface area contributed by atoms with Gasteiger partial charge in [-0.05, 0) is 48.7 Å². The fourth-order valence-corrected chi connectivity index (χ4v) is 2.08. The predicted octanol–water partition coefficient (Wildman–Crippen LogP) is 3.80. The largest absolute Gasteiger partial charge is 0.399 e. The minimum absolute atomic E-state index is 0.0357. The molecule has 2 aromatic rings. The average molecular weight is 289 g/mol. The molecule has 2 aromatic carbocycles. The molecule has 1 amide bonds. The van der Waals surface area contributed by atoms with Crippen LogP contribution in [-0.4, -0.2) is 5.91 Å². The van der Waals surface area contributed by atoms with E-state index in [0.717, 1.165) is 16.8 Å². The molecular formula is C16H17ClN2O. The van der Waals surface area contributed by atoms with Crippen molar-refractivity contribution in [1.82, 2.24) is 0 Å². The van der Waals surface area contributed by atoms with Gasteiger partial charge in [0.1, 0.15) is 0 Å². The van der Waals surface area contributed by atoms with Crippen molar-refractivity contribution in [3.05, 3.63) is 58.6 Å². The Bertz CT molecular complexity index is 626. The molecule has 3 nitrogen and oxygen atoms in total. The van der Waals surface area contributed by atoms with Crippen molar-refractivity contribution < 1.29 is 4.79 Å². The van der Waals surface area contributed by atoms with Crippen molar-refractivity contribution >= 4 is 28.9 Å². The van der Waals surface area contributed by atoms with Crippen LogP contribution in [0.3, 0.4) is 0 Å².